The third kappa shape index (κ3) is 2.63. The van der Waals surface area contributed by atoms with Gasteiger partial charge in [0.05, 0.1) is 12.7 Å². The number of phenolic OH excluding ortho intramolecular Hbond substituents is 1. The lowest BCUT2D eigenvalue weighted by atomic mass is 9.55. The smallest absolute Gasteiger partial charge is 0.116 e. The molecule has 2 fully saturated rings. The molecule has 3 nitrogen and oxygen atoms in total. The summed E-state index contributed by atoms with van der Waals surface area (Å²) in [5.74, 6) is 2.05. The molecule has 0 aliphatic heterocycles. The first-order chi connectivity index (χ1) is 13.5. The summed E-state index contributed by atoms with van der Waals surface area (Å²) in [4.78, 5) is 0. The van der Waals surface area contributed by atoms with Gasteiger partial charge in [-0.2, -0.15) is 0 Å². The van der Waals surface area contributed by atoms with E-state index in [9.17, 15) is 15.3 Å². The Morgan fingerprint density at radius 2 is 1.93 bits per heavy atom. The van der Waals surface area contributed by atoms with Gasteiger partial charge in [0.1, 0.15) is 5.75 Å². The number of hydrogen-bond acceptors (Lipinski definition) is 3. The van der Waals surface area contributed by atoms with Crippen LogP contribution in [-0.2, 0) is 13.0 Å². The molecule has 3 aliphatic rings. The molecule has 0 saturated heterocycles. The lowest BCUT2D eigenvalue weighted by Crippen LogP contribution is -2.44. The molecule has 5 atom stereocenters. The van der Waals surface area contributed by atoms with Gasteiger partial charge in [0.2, 0.25) is 0 Å². The van der Waals surface area contributed by atoms with E-state index in [0.29, 0.717) is 23.5 Å². The van der Waals surface area contributed by atoms with E-state index in [-0.39, 0.29) is 18.1 Å². The number of hydrogen-bond donors (Lipinski definition) is 3. The van der Waals surface area contributed by atoms with Crippen LogP contribution in [0.2, 0.25) is 0 Å². The van der Waals surface area contributed by atoms with Crippen molar-refractivity contribution in [3.05, 3.63) is 53.1 Å². The van der Waals surface area contributed by atoms with Crippen molar-refractivity contribution in [2.45, 2.75) is 64.1 Å². The van der Waals surface area contributed by atoms with E-state index in [1.807, 2.05) is 30.3 Å². The number of aryl methyl sites for hydroxylation is 1. The van der Waals surface area contributed by atoms with Crippen molar-refractivity contribution in [3.63, 3.8) is 0 Å². The second kappa shape index (κ2) is 6.60. The summed E-state index contributed by atoms with van der Waals surface area (Å²) in [7, 11) is 0. The zero-order chi connectivity index (χ0) is 19.5. The first-order valence-electron chi connectivity index (χ1n) is 10.8. The molecule has 148 valence electrons. The molecule has 0 unspecified atom stereocenters. The molecule has 2 aromatic carbocycles. The van der Waals surface area contributed by atoms with Crippen LogP contribution in [0.3, 0.4) is 0 Å². The van der Waals surface area contributed by atoms with Crippen molar-refractivity contribution in [2.24, 2.45) is 17.3 Å². The van der Waals surface area contributed by atoms with E-state index in [2.05, 4.69) is 13.0 Å². The average molecular weight is 379 g/mol. The summed E-state index contributed by atoms with van der Waals surface area (Å²) >= 11 is 0. The Morgan fingerprint density at radius 1 is 1.07 bits per heavy atom. The van der Waals surface area contributed by atoms with E-state index in [0.717, 1.165) is 55.2 Å². The zero-order valence-corrected chi connectivity index (χ0v) is 16.6. The van der Waals surface area contributed by atoms with Crippen LogP contribution in [0.5, 0.6) is 5.75 Å². The lowest BCUT2D eigenvalue weighted by molar-refractivity contribution is -0.0225. The van der Waals surface area contributed by atoms with Crippen molar-refractivity contribution >= 4 is 0 Å². The second-order valence-electron chi connectivity index (χ2n) is 9.48. The molecular weight excluding hydrogens is 348 g/mol. The molecule has 0 amide bonds. The first kappa shape index (κ1) is 18.2. The van der Waals surface area contributed by atoms with Gasteiger partial charge in [-0.3, -0.25) is 0 Å². The Kier molecular flexibility index (Phi) is 4.29. The van der Waals surface area contributed by atoms with Crippen LogP contribution in [-0.4, -0.2) is 21.4 Å². The number of aromatic hydroxyl groups is 1. The predicted octanol–water partition coefficient (Wildman–Crippen LogP) is 4.77. The average Bonchev–Trinajstić information content (AvgIpc) is 3.02. The minimum absolute atomic E-state index is 0.0270. The predicted molar refractivity (Wildman–Crippen MR) is 110 cm³/mol. The molecule has 0 heterocycles. The quantitative estimate of drug-likeness (QED) is 0.705. The van der Waals surface area contributed by atoms with Gasteiger partial charge >= 0.3 is 0 Å². The van der Waals surface area contributed by atoms with E-state index in [1.165, 1.54) is 11.1 Å². The van der Waals surface area contributed by atoms with Crippen molar-refractivity contribution in [1.29, 1.82) is 0 Å². The van der Waals surface area contributed by atoms with E-state index < -0.39 is 0 Å². The fraction of sp³-hybridized carbons (Fsp3) is 0.520. The highest BCUT2D eigenvalue weighted by Gasteiger charge is 2.54. The zero-order valence-electron chi connectivity index (χ0n) is 16.6. The highest BCUT2D eigenvalue weighted by Crippen LogP contribution is 2.61. The summed E-state index contributed by atoms with van der Waals surface area (Å²) in [6.07, 6.45) is 6.28. The molecule has 3 N–H and O–H groups in total. The molecule has 2 saturated carbocycles. The summed E-state index contributed by atoms with van der Waals surface area (Å²) in [6.45, 7) is 2.34. The van der Waals surface area contributed by atoms with Gasteiger partial charge in [-0.05, 0) is 108 Å². The minimum atomic E-state index is -0.152. The van der Waals surface area contributed by atoms with Crippen LogP contribution < -0.4 is 0 Å². The number of aliphatic hydroxyl groups excluding tert-OH is 2. The third-order valence-electron chi connectivity index (χ3n) is 8.18. The van der Waals surface area contributed by atoms with Crippen LogP contribution in [0.1, 0.15) is 61.6 Å². The molecule has 3 heteroatoms. The first-order valence-corrected chi connectivity index (χ1v) is 10.8. The molecule has 0 radical (unpaired) electrons. The molecular formula is C25H30O3. The van der Waals surface area contributed by atoms with Gasteiger partial charge in [0.15, 0.2) is 0 Å². The van der Waals surface area contributed by atoms with Gasteiger partial charge in [0.25, 0.3) is 0 Å². The van der Waals surface area contributed by atoms with Crippen molar-refractivity contribution < 1.29 is 15.3 Å². The van der Waals surface area contributed by atoms with Gasteiger partial charge < -0.3 is 15.3 Å². The summed E-state index contributed by atoms with van der Waals surface area (Å²) in [5, 5.41) is 30.6. The Balaban J connectivity index is 1.62. The molecule has 0 spiro atoms. The van der Waals surface area contributed by atoms with Crippen LogP contribution >= 0.6 is 0 Å². The number of benzene rings is 2. The van der Waals surface area contributed by atoms with Crippen molar-refractivity contribution in [2.75, 3.05) is 0 Å². The molecule has 0 aromatic heterocycles. The van der Waals surface area contributed by atoms with Crippen LogP contribution in [0.25, 0.3) is 11.1 Å². The highest BCUT2D eigenvalue weighted by molar-refractivity contribution is 5.72. The van der Waals surface area contributed by atoms with E-state index in [4.69, 9.17) is 0 Å². The summed E-state index contributed by atoms with van der Waals surface area (Å²) in [5.41, 5.74) is 5.88. The SMILES string of the molecule is C[C@]12CC[C@@H]3c4c(cc(O)cc4-c4cccc(CO)c4)CC[C@H]3[C@@H]1CC[C@H]2O. The topological polar surface area (TPSA) is 60.7 Å². The minimum Gasteiger partial charge on any atom is -0.508 e. The Hall–Kier alpha value is -1.84. The molecule has 5 rings (SSSR count). The van der Waals surface area contributed by atoms with Crippen LogP contribution in [0.15, 0.2) is 36.4 Å². The number of fused-ring (bicyclic) bond motifs is 5. The van der Waals surface area contributed by atoms with Gasteiger partial charge in [-0.15, -0.1) is 0 Å². The monoisotopic (exact) mass is 378 g/mol. The van der Waals surface area contributed by atoms with Crippen LogP contribution in [0.4, 0.5) is 0 Å². The highest BCUT2D eigenvalue weighted by atomic mass is 16.3. The standard InChI is InChI=1S/C25H30O3/c1-25-10-9-20-19(22(25)7-8-23(25)28)6-5-17-12-18(27)13-21(24(17)20)16-4-2-3-15(11-16)14-26/h2-4,11-13,19-20,22-23,26-28H,5-10,14H2,1H3/t19-,20+,22+,23-,25+/m1/s1. The maximum Gasteiger partial charge on any atom is 0.116 e. The Labute approximate surface area is 167 Å². The number of rotatable bonds is 2. The molecule has 2 aromatic rings. The maximum absolute atomic E-state index is 10.6. The Bertz CT molecular complexity index is 905. The van der Waals surface area contributed by atoms with E-state index in [1.54, 1.807) is 0 Å². The van der Waals surface area contributed by atoms with Gasteiger partial charge in [-0.25, -0.2) is 0 Å². The second-order valence-corrected chi connectivity index (χ2v) is 9.48. The fourth-order valence-electron chi connectivity index (χ4n) is 6.76. The molecule has 3 aliphatic carbocycles. The van der Waals surface area contributed by atoms with Gasteiger partial charge in [0, 0.05) is 0 Å². The van der Waals surface area contributed by atoms with Crippen LogP contribution in [0, 0.1) is 17.3 Å². The van der Waals surface area contributed by atoms with Crippen molar-refractivity contribution in [1.82, 2.24) is 0 Å². The lowest BCUT2D eigenvalue weighted by Gasteiger charge is -2.50. The molecule has 0 bridgehead atoms. The van der Waals surface area contributed by atoms with E-state index >= 15 is 0 Å². The van der Waals surface area contributed by atoms with Crippen molar-refractivity contribution in [3.8, 4) is 16.9 Å². The van der Waals surface area contributed by atoms with Gasteiger partial charge in [-0.1, -0.05) is 25.1 Å². The fourth-order valence-corrected chi connectivity index (χ4v) is 6.76. The summed E-state index contributed by atoms with van der Waals surface area (Å²) < 4.78 is 0. The summed E-state index contributed by atoms with van der Waals surface area (Å²) in [6, 6.07) is 11.9. The number of aliphatic hydroxyl groups is 2. The largest absolute Gasteiger partial charge is 0.508 e. The maximum atomic E-state index is 10.6. The third-order valence-corrected chi connectivity index (χ3v) is 8.18. The number of phenols is 1. The Morgan fingerprint density at radius 3 is 2.75 bits per heavy atom. The molecule has 28 heavy (non-hydrogen) atoms. The normalized spacial score (nSPS) is 33.8.